The van der Waals surface area contributed by atoms with E-state index in [2.05, 4.69) is 0 Å². The molecule has 0 aromatic carbocycles. The fraction of sp³-hybridized carbons (Fsp3) is 0.875. The molecule has 0 aromatic heterocycles. The van der Waals surface area contributed by atoms with Gasteiger partial charge in [0, 0.05) is 0 Å². The van der Waals surface area contributed by atoms with Gasteiger partial charge in [-0.05, 0) is 6.92 Å². The van der Waals surface area contributed by atoms with Crippen LogP contribution >= 0.6 is 0 Å². The molecule has 9 heteroatoms. The van der Waals surface area contributed by atoms with Gasteiger partial charge >= 0.3 is 24.2 Å². The van der Waals surface area contributed by atoms with Crippen LogP contribution in [0.1, 0.15) is 13.8 Å². The number of alkyl halides is 7. The van der Waals surface area contributed by atoms with Gasteiger partial charge in [0.25, 0.3) is 0 Å². The summed E-state index contributed by atoms with van der Waals surface area (Å²) in [6.07, 6.45) is -7.19. The molecule has 0 rings (SSSR count). The lowest BCUT2D eigenvalue weighted by Gasteiger charge is -2.35. The first-order valence-electron chi connectivity index (χ1n) is 4.25. The molecule has 0 heterocycles. The van der Waals surface area contributed by atoms with Gasteiger partial charge in [-0.25, -0.2) is 4.39 Å². The van der Waals surface area contributed by atoms with Gasteiger partial charge in [-0.1, -0.05) is 6.92 Å². The molecule has 0 spiro atoms. The third-order valence-corrected chi connectivity index (χ3v) is 2.28. The van der Waals surface area contributed by atoms with Crippen molar-refractivity contribution in [2.24, 2.45) is 5.92 Å². The lowest BCUT2D eigenvalue weighted by atomic mass is 9.90. The molecule has 0 nitrogen and oxygen atoms in total. The van der Waals surface area contributed by atoms with Crippen LogP contribution in [-0.4, -0.2) is 23.9 Å². The lowest BCUT2D eigenvalue weighted by molar-refractivity contribution is -0.292. The molecule has 0 saturated heterocycles. The second kappa shape index (κ2) is 4.56. The van der Waals surface area contributed by atoms with Crippen LogP contribution in [0.2, 0.25) is 0 Å². The normalized spacial score (nSPS) is 18.4. The van der Waals surface area contributed by atoms with Gasteiger partial charge in [0.05, 0.1) is 5.92 Å². The van der Waals surface area contributed by atoms with Gasteiger partial charge < -0.3 is 0 Å². The van der Waals surface area contributed by atoms with Gasteiger partial charge in [-0.15, -0.1) is 0 Å². The Morgan fingerprint density at radius 1 is 0.824 bits per heavy atom. The predicted octanol–water partition coefficient (Wildman–Crippen LogP) is 4.31. The molecular weight excluding hydrogens is 267 g/mol. The van der Waals surface area contributed by atoms with Crippen LogP contribution in [0.25, 0.3) is 0 Å². The first-order chi connectivity index (χ1) is 7.29. The molecule has 0 fully saturated rings. The molecule has 103 valence electrons. The lowest BCUT2D eigenvalue weighted by Crippen LogP contribution is -2.56. The minimum atomic E-state index is -5.62. The average Bonchev–Trinajstić information content (AvgIpc) is 2.15. The molecule has 0 aromatic rings. The van der Waals surface area contributed by atoms with Crippen LogP contribution in [0.15, 0.2) is 0 Å². The molecule has 0 aliphatic rings. The van der Waals surface area contributed by atoms with E-state index in [1.54, 1.807) is 0 Å². The molecule has 0 amide bonds. The Hall–Kier alpha value is -0.630. The summed E-state index contributed by atoms with van der Waals surface area (Å²) in [6, 6.07) is 0. The summed E-state index contributed by atoms with van der Waals surface area (Å²) in [5.41, 5.74) is 0. The van der Waals surface area contributed by atoms with Crippen molar-refractivity contribution in [1.82, 2.24) is 0 Å². The molecule has 17 heavy (non-hydrogen) atoms. The SMILES string of the molecule is CC(F)C(F)(F)C(F)(F)C(C)C(F)(F)[C](F)F. The third kappa shape index (κ3) is 2.62. The van der Waals surface area contributed by atoms with Crippen molar-refractivity contribution in [2.75, 3.05) is 0 Å². The van der Waals surface area contributed by atoms with E-state index in [0.717, 1.165) is 0 Å². The Morgan fingerprint density at radius 3 is 1.41 bits per heavy atom. The number of hydrogen-bond donors (Lipinski definition) is 0. The standard InChI is InChI=1S/C8H8F9/c1-3(6(12,13)5(10)11)7(14,15)8(16,17)4(2)9/h3-4H,1-2H3. The monoisotopic (exact) mass is 275 g/mol. The zero-order valence-electron chi connectivity index (χ0n) is 8.56. The first kappa shape index (κ1) is 16.4. The number of rotatable bonds is 5. The second-order valence-corrected chi connectivity index (χ2v) is 3.47. The van der Waals surface area contributed by atoms with Crippen molar-refractivity contribution in [3.8, 4) is 0 Å². The highest BCUT2D eigenvalue weighted by Crippen LogP contribution is 2.51. The van der Waals surface area contributed by atoms with E-state index in [-0.39, 0.29) is 13.8 Å². The van der Waals surface area contributed by atoms with Crippen LogP contribution < -0.4 is 0 Å². The van der Waals surface area contributed by atoms with Crippen LogP contribution in [0.3, 0.4) is 0 Å². The van der Waals surface area contributed by atoms with E-state index < -0.39 is 36.3 Å². The molecule has 2 unspecified atom stereocenters. The summed E-state index contributed by atoms with van der Waals surface area (Å²) in [5.74, 6) is -20.3. The Balaban J connectivity index is 5.34. The summed E-state index contributed by atoms with van der Waals surface area (Å²) in [5, 5.41) is 0. The topological polar surface area (TPSA) is 0 Å². The van der Waals surface area contributed by atoms with E-state index in [1.807, 2.05) is 0 Å². The summed E-state index contributed by atoms with van der Waals surface area (Å²) in [7, 11) is 0. The predicted molar refractivity (Wildman–Crippen MR) is 40.0 cm³/mol. The van der Waals surface area contributed by atoms with Crippen molar-refractivity contribution in [2.45, 2.75) is 37.8 Å². The Bertz CT molecular complexity index is 258. The van der Waals surface area contributed by atoms with Crippen LogP contribution in [0.5, 0.6) is 0 Å². The minimum Gasteiger partial charge on any atom is -0.241 e. The van der Waals surface area contributed by atoms with Crippen molar-refractivity contribution in [3.05, 3.63) is 6.43 Å². The Labute approximate surface area is 90.8 Å². The third-order valence-electron chi connectivity index (χ3n) is 2.28. The highest BCUT2D eigenvalue weighted by Gasteiger charge is 2.70. The number of halogens is 9. The molecule has 2 atom stereocenters. The smallest absolute Gasteiger partial charge is 0.241 e. The summed E-state index contributed by atoms with van der Waals surface area (Å²) < 4.78 is 112. The maximum Gasteiger partial charge on any atom is 0.378 e. The van der Waals surface area contributed by atoms with Gasteiger partial charge in [0.2, 0.25) is 0 Å². The van der Waals surface area contributed by atoms with Gasteiger partial charge in [0.1, 0.15) is 0 Å². The second-order valence-electron chi connectivity index (χ2n) is 3.47. The average molecular weight is 275 g/mol. The first-order valence-corrected chi connectivity index (χ1v) is 4.25. The fourth-order valence-corrected chi connectivity index (χ4v) is 0.945. The van der Waals surface area contributed by atoms with Crippen LogP contribution in [0.4, 0.5) is 39.5 Å². The van der Waals surface area contributed by atoms with Crippen LogP contribution in [-0.2, 0) is 0 Å². The Morgan fingerprint density at radius 2 is 1.18 bits per heavy atom. The molecule has 1 radical (unpaired) electrons. The summed E-state index contributed by atoms with van der Waals surface area (Å²) in [4.78, 5) is 0. The maximum atomic E-state index is 12.9. The van der Waals surface area contributed by atoms with E-state index in [1.165, 1.54) is 0 Å². The summed E-state index contributed by atoms with van der Waals surface area (Å²) >= 11 is 0. The highest BCUT2D eigenvalue weighted by atomic mass is 19.3. The van der Waals surface area contributed by atoms with Gasteiger partial charge in [-0.3, -0.25) is 0 Å². The maximum absolute atomic E-state index is 12.9. The van der Waals surface area contributed by atoms with Crippen molar-refractivity contribution < 1.29 is 39.5 Å². The van der Waals surface area contributed by atoms with Gasteiger partial charge in [-0.2, -0.15) is 35.1 Å². The molecule has 0 aliphatic carbocycles. The highest BCUT2D eigenvalue weighted by molar-refractivity contribution is 5.01. The largest absolute Gasteiger partial charge is 0.378 e. The van der Waals surface area contributed by atoms with Crippen LogP contribution in [0, 0.1) is 12.3 Å². The fourth-order valence-electron chi connectivity index (χ4n) is 0.945. The quantitative estimate of drug-likeness (QED) is 0.656. The molecule has 0 aliphatic heterocycles. The molecule has 0 saturated carbocycles. The zero-order chi connectivity index (χ0) is 14.2. The van der Waals surface area contributed by atoms with Crippen molar-refractivity contribution >= 4 is 0 Å². The molecule has 0 bridgehead atoms. The van der Waals surface area contributed by atoms with E-state index in [0.29, 0.717) is 0 Å². The van der Waals surface area contributed by atoms with Crippen molar-refractivity contribution in [3.63, 3.8) is 0 Å². The van der Waals surface area contributed by atoms with Crippen molar-refractivity contribution in [1.29, 1.82) is 0 Å². The number of hydrogen-bond acceptors (Lipinski definition) is 0. The van der Waals surface area contributed by atoms with E-state index in [4.69, 9.17) is 0 Å². The van der Waals surface area contributed by atoms with Gasteiger partial charge in [0.15, 0.2) is 6.17 Å². The van der Waals surface area contributed by atoms with E-state index >= 15 is 0 Å². The minimum absolute atomic E-state index is 0.0221. The summed E-state index contributed by atoms with van der Waals surface area (Å²) in [6.45, 7) is -0.177. The zero-order valence-corrected chi connectivity index (χ0v) is 8.56. The molecular formula is C8H8F9. The Kier molecular flexibility index (Phi) is 4.40. The molecule has 0 N–H and O–H groups in total. The van der Waals surface area contributed by atoms with E-state index in [9.17, 15) is 39.5 Å².